The van der Waals surface area contributed by atoms with Crippen molar-refractivity contribution in [2.75, 3.05) is 5.32 Å². The summed E-state index contributed by atoms with van der Waals surface area (Å²) in [6.45, 7) is 3.83. The first kappa shape index (κ1) is 13.6. The monoisotopic (exact) mass is 319 g/mol. The van der Waals surface area contributed by atoms with E-state index in [1.54, 1.807) is 24.3 Å². The van der Waals surface area contributed by atoms with E-state index >= 15 is 0 Å². The molecular formula is C15H14BrNO2. The first-order chi connectivity index (χ1) is 8.97. The Kier molecular flexibility index (Phi) is 3.90. The summed E-state index contributed by atoms with van der Waals surface area (Å²) in [5, 5.41) is 12.5. The van der Waals surface area contributed by atoms with Gasteiger partial charge in [-0.1, -0.05) is 28.1 Å². The Bertz CT molecular complexity index is 638. The van der Waals surface area contributed by atoms with E-state index in [-0.39, 0.29) is 11.7 Å². The number of benzene rings is 2. The van der Waals surface area contributed by atoms with Gasteiger partial charge in [-0.15, -0.1) is 0 Å². The molecule has 0 aliphatic rings. The van der Waals surface area contributed by atoms with Gasteiger partial charge in [-0.2, -0.15) is 0 Å². The third-order valence-electron chi connectivity index (χ3n) is 2.84. The fourth-order valence-electron chi connectivity index (χ4n) is 1.68. The van der Waals surface area contributed by atoms with Crippen LogP contribution in [0.3, 0.4) is 0 Å². The van der Waals surface area contributed by atoms with E-state index < -0.39 is 0 Å². The number of amides is 1. The molecule has 0 unspecified atom stereocenters. The molecule has 19 heavy (non-hydrogen) atoms. The molecule has 2 N–H and O–H groups in total. The van der Waals surface area contributed by atoms with Crippen LogP contribution >= 0.6 is 15.9 Å². The molecule has 0 aromatic heterocycles. The number of aromatic hydroxyl groups is 1. The van der Waals surface area contributed by atoms with Crippen LogP contribution in [0.15, 0.2) is 40.9 Å². The highest BCUT2D eigenvalue weighted by molar-refractivity contribution is 9.10. The maximum Gasteiger partial charge on any atom is 0.255 e. The van der Waals surface area contributed by atoms with E-state index in [9.17, 15) is 9.90 Å². The molecule has 0 atom stereocenters. The minimum atomic E-state index is -0.250. The number of phenolic OH excluding ortho intramolecular Hbond substituents is 1. The van der Waals surface area contributed by atoms with Gasteiger partial charge in [0, 0.05) is 10.0 Å². The molecule has 0 bridgehead atoms. The van der Waals surface area contributed by atoms with Gasteiger partial charge in [-0.3, -0.25) is 4.79 Å². The summed E-state index contributed by atoms with van der Waals surface area (Å²) < 4.78 is 0.883. The highest BCUT2D eigenvalue weighted by atomic mass is 79.9. The van der Waals surface area contributed by atoms with Gasteiger partial charge in [0.05, 0.1) is 5.69 Å². The van der Waals surface area contributed by atoms with Gasteiger partial charge in [-0.25, -0.2) is 0 Å². The van der Waals surface area contributed by atoms with Crippen LogP contribution in [-0.4, -0.2) is 11.0 Å². The molecule has 2 aromatic carbocycles. The number of phenols is 1. The lowest BCUT2D eigenvalue weighted by Crippen LogP contribution is -2.12. The molecule has 0 aliphatic carbocycles. The van der Waals surface area contributed by atoms with Gasteiger partial charge in [0.25, 0.3) is 5.91 Å². The number of carbonyl (C=O) groups is 1. The van der Waals surface area contributed by atoms with Gasteiger partial charge in [0.2, 0.25) is 0 Å². The quantitative estimate of drug-likeness (QED) is 0.821. The van der Waals surface area contributed by atoms with E-state index in [1.807, 2.05) is 26.0 Å². The maximum absolute atomic E-state index is 12.1. The number of halogens is 1. The summed E-state index contributed by atoms with van der Waals surface area (Å²) in [4.78, 5) is 12.1. The van der Waals surface area contributed by atoms with Gasteiger partial charge in [0.15, 0.2) is 0 Å². The number of aryl methyl sites for hydroxylation is 2. The van der Waals surface area contributed by atoms with Gasteiger partial charge in [-0.05, 0) is 49.2 Å². The number of rotatable bonds is 2. The van der Waals surface area contributed by atoms with Crippen LogP contribution in [0, 0.1) is 13.8 Å². The van der Waals surface area contributed by atoms with Crippen LogP contribution in [0.5, 0.6) is 5.75 Å². The van der Waals surface area contributed by atoms with Crippen molar-refractivity contribution in [3.63, 3.8) is 0 Å². The van der Waals surface area contributed by atoms with Crippen molar-refractivity contribution in [2.45, 2.75) is 13.8 Å². The van der Waals surface area contributed by atoms with Crippen LogP contribution in [0.2, 0.25) is 0 Å². The van der Waals surface area contributed by atoms with Crippen LogP contribution in [-0.2, 0) is 0 Å². The van der Waals surface area contributed by atoms with Crippen molar-refractivity contribution in [3.05, 3.63) is 57.6 Å². The number of anilines is 1. The zero-order valence-electron chi connectivity index (χ0n) is 10.7. The van der Waals surface area contributed by atoms with E-state index in [4.69, 9.17) is 0 Å². The number of hydrogen-bond donors (Lipinski definition) is 2. The largest absolute Gasteiger partial charge is 0.506 e. The Morgan fingerprint density at radius 2 is 1.89 bits per heavy atom. The van der Waals surface area contributed by atoms with Crippen LogP contribution < -0.4 is 5.32 Å². The van der Waals surface area contributed by atoms with E-state index in [0.29, 0.717) is 11.3 Å². The highest BCUT2D eigenvalue weighted by Gasteiger charge is 2.10. The summed E-state index contributed by atoms with van der Waals surface area (Å²) in [6.07, 6.45) is 0. The predicted octanol–water partition coefficient (Wildman–Crippen LogP) is 4.02. The van der Waals surface area contributed by atoms with Crippen LogP contribution in [0.4, 0.5) is 5.69 Å². The summed E-state index contributed by atoms with van der Waals surface area (Å²) >= 11 is 3.39. The van der Waals surface area contributed by atoms with Crippen molar-refractivity contribution in [2.24, 2.45) is 0 Å². The molecule has 0 spiro atoms. The van der Waals surface area contributed by atoms with Crippen molar-refractivity contribution in [3.8, 4) is 5.75 Å². The lowest BCUT2D eigenvalue weighted by Gasteiger charge is -2.09. The molecule has 3 nitrogen and oxygen atoms in total. The summed E-state index contributed by atoms with van der Waals surface area (Å²) in [5.74, 6) is -0.181. The SMILES string of the molecule is Cc1ccc(NC(=O)c2ccc(C)c(Br)c2)c(O)c1. The topological polar surface area (TPSA) is 49.3 Å². The lowest BCUT2D eigenvalue weighted by molar-refractivity contribution is 0.102. The molecule has 0 saturated heterocycles. The van der Waals surface area contributed by atoms with Gasteiger partial charge < -0.3 is 10.4 Å². The summed E-state index contributed by atoms with van der Waals surface area (Å²) in [6, 6.07) is 10.5. The fourth-order valence-corrected chi connectivity index (χ4v) is 2.05. The minimum Gasteiger partial charge on any atom is -0.506 e. The Balaban J connectivity index is 2.23. The maximum atomic E-state index is 12.1. The molecule has 98 valence electrons. The molecule has 0 aliphatic heterocycles. The average Bonchev–Trinajstić information content (AvgIpc) is 2.36. The first-order valence-electron chi connectivity index (χ1n) is 5.84. The molecule has 2 aromatic rings. The Morgan fingerprint density at radius 3 is 2.53 bits per heavy atom. The molecule has 0 fully saturated rings. The second kappa shape index (κ2) is 5.45. The molecular weight excluding hydrogens is 306 g/mol. The van der Waals surface area contributed by atoms with Crippen LogP contribution in [0.1, 0.15) is 21.5 Å². The highest BCUT2D eigenvalue weighted by Crippen LogP contribution is 2.25. The third-order valence-corrected chi connectivity index (χ3v) is 3.69. The fraction of sp³-hybridized carbons (Fsp3) is 0.133. The normalized spacial score (nSPS) is 10.3. The van der Waals surface area contributed by atoms with E-state index in [2.05, 4.69) is 21.2 Å². The van der Waals surface area contributed by atoms with E-state index in [0.717, 1.165) is 15.6 Å². The number of carbonyl (C=O) groups excluding carboxylic acids is 1. The van der Waals surface area contributed by atoms with Gasteiger partial charge in [0.1, 0.15) is 5.75 Å². The van der Waals surface area contributed by atoms with Crippen molar-refractivity contribution < 1.29 is 9.90 Å². The standard InChI is InChI=1S/C15H14BrNO2/c1-9-3-6-13(14(18)7-9)17-15(19)11-5-4-10(2)12(16)8-11/h3-8,18H,1-2H3,(H,17,19). The molecule has 2 rings (SSSR count). The summed E-state index contributed by atoms with van der Waals surface area (Å²) in [7, 11) is 0. The smallest absolute Gasteiger partial charge is 0.255 e. The second-order valence-electron chi connectivity index (χ2n) is 4.44. The molecule has 1 amide bonds. The van der Waals surface area contributed by atoms with Gasteiger partial charge >= 0.3 is 0 Å². The molecule has 0 radical (unpaired) electrons. The molecule has 4 heteroatoms. The summed E-state index contributed by atoms with van der Waals surface area (Å²) in [5.41, 5.74) is 2.95. The third kappa shape index (κ3) is 3.15. The zero-order valence-corrected chi connectivity index (χ0v) is 12.3. The number of nitrogens with one attached hydrogen (secondary N) is 1. The Labute approximate surface area is 120 Å². The van der Waals surface area contributed by atoms with Crippen molar-refractivity contribution in [1.29, 1.82) is 0 Å². The van der Waals surface area contributed by atoms with Crippen LogP contribution in [0.25, 0.3) is 0 Å². The number of hydrogen-bond acceptors (Lipinski definition) is 2. The lowest BCUT2D eigenvalue weighted by atomic mass is 10.1. The van der Waals surface area contributed by atoms with Crippen molar-refractivity contribution >= 4 is 27.5 Å². The predicted molar refractivity (Wildman–Crippen MR) is 79.7 cm³/mol. The first-order valence-corrected chi connectivity index (χ1v) is 6.64. The Morgan fingerprint density at radius 1 is 1.16 bits per heavy atom. The molecule has 0 saturated carbocycles. The average molecular weight is 320 g/mol. The second-order valence-corrected chi connectivity index (χ2v) is 5.29. The Hall–Kier alpha value is -1.81. The minimum absolute atomic E-state index is 0.0690. The zero-order chi connectivity index (χ0) is 14.0. The molecule has 0 heterocycles. The van der Waals surface area contributed by atoms with Crippen molar-refractivity contribution in [1.82, 2.24) is 0 Å². The van der Waals surface area contributed by atoms with E-state index in [1.165, 1.54) is 0 Å².